The fourth-order valence-electron chi connectivity index (χ4n) is 5.42. The van der Waals surface area contributed by atoms with Crippen LogP contribution in [-0.2, 0) is 25.7 Å². The summed E-state index contributed by atoms with van der Waals surface area (Å²) in [6.45, 7) is 2.21. The maximum absolute atomic E-state index is 12.8. The number of carbonyl (C=O) groups excluding carboxylic acids is 4. The highest BCUT2D eigenvalue weighted by molar-refractivity contribution is 6.28. The summed E-state index contributed by atoms with van der Waals surface area (Å²) in [4.78, 5) is 52.5. The molecule has 4 fully saturated rings. The average Bonchev–Trinajstić information content (AvgIpc) is 3.13. The van der Waals surface area contributed by atoms with E-state index >= 15 is 0 Å². The van der Waals surface area contributed by atoms with Crippen LogP contribution in [0.5, 0.6) is 0 Å². The number of carbonyl (C=O) groups is 4. The highest BCUT2D eigenvalue weighted by Gasteiger charge is 2.46. The lowest BCUT2D eigenvalue weighted by molar-refractivity contribution is -0.141. The van der Waals surface area contributed by atoms with Gasteiger partial charge in [-0.1, -0.05) is 12.1 Å². The minimum atomic E-state index is -0.781. The van der Waals surface area contributed by atoms with Crippen LogP contribution in [0, 0.1) is 0 Å². The zero-order valence-electron chi connectivity index (χ0n) is 16.1. The minimum absolute atomic E-state index is 0.236. The van der Waals surface area contributed by atoms with Gasteiger partial charge in [0, 0.05) is 49.4 Å². The zero-order valence-corrected chi connectivity index (χ0v) is 16.1. The first-order valence-electron chi connectivity index (χ1n) is 10.3. The summed E-state index contributed by atoms with van der Waals surface area (Å²) in [7, 11) is 0. The number of benzene rings is 1. The number of piperazine rings is 1. The third-order valence-corrected chi connectivity index (χ3v) is 6.79. The fourth-order valence-corrected chi connectivity index (χ4v) is 5.42. The standard InChI is InChI=1S/C21H24N4O4/c26-11-17(27)20-19-12(9-25(20)16-6-7-18(28)23-21(16)29)2-1-3-15(19)24-10-13-4-5-14(24)8-22-13/h1-3,11,13-14,16,20,22H,4-10H2,(H,23,28,29). The van der Waals surface area contributed by atoms with Gasteiger partial charge in [-0.25, -0.2) is 0 Å². The summed E-state index contributed by atoms with van der Waals surface area (Å²) in [6.07, 6.45) is 3.20. The van der Waals surface area contributed by atoms with Gasteiger partial charge in [-0.3, -0.25) is 29.4 Å². The molecule has 4 saturated heterocycles. The Hall–Kier alpha value is -2.58. The number of fused-ring (bicyclic) bond motifs is 4. The predicted molar refractivity (Wildman–Crippen MR) is 104 cm³/mol. The van der Waals surface area contributed by atoms with Crippen LogP contribution in [0.2, 0.25) is 0 Å². The van der Waals surface area contributed by atoms with E-state index in [1.54, 1.807) is 4.90 Å². The van der Waals surface area contributed by atoms with E-state index in [2.05, 4.69) is 15.5 Å². The molecule has 5 heterocycles. The quantitative estimate of drug-likeness (QED) is 0.422. The summed E-state index contributed by atoms with van der Waals surface area (Å²) >= 11 is 0. The minimum Gasteiger partial charge on any atom is -0.365 e. The fraction of sp³-hybridized carbons (Fsp3) is 0.524. The van der Waals surface area contributed by atoms with Crippen molar-refractivity contribution in [2.45, 2.75) is 56.4 Å². The number of nitrogens with zero attached hydrogens (tertiary/aromatic N) is 2. The van der Waals surface area contributed by atoms with Crippen molar-refractivity contribution in [2.24, 2.45) is 0 Å². The van der Waals surface area contributed by atoms with Crippen LogP contribution in [0.1, 0.15) is 42.9 Å². The van der Waals surface area contributed by atoms with Gasteiger partial charge in [0.2, 0.25) is 17.6 Å². The van der Waals surface area contributed by atoms with E-state index in [1.165, 1.54) is 0 Å². The number of imide groups is 1. The highest BCUT2D eigenvalue weighted by atomic mass is 16.2. The largest absolute Gasteiger partial charge is 0.365 e. The molecule has 1 aromatic rings. The van der Waals surface area contributed by atoms with Crippen LogP contribution >= 0.6 is 0 Å². The first-order valence-corrected chi connectivity index (χ1v) is 10.3. The molecule has 0 aliphatic carbocycles. The molecule has 4 unspecified atom stereocenters. The molecule has 0 spiro atoms. The van der Waals surface area contributed by atoms with E-state index in [1.807, 2.05) is 18.2 Å². The van der Waals surface area contributed by atoms with Crippen molar-refractivity contribution in [1.82, 2.24) is 15.5 Å². The number of hydrogen-bond donors (Lipinski definition) is 2. The number of ketones is 1. The molecule has 0 radical (unpaired) electrons. The maximum Gasteiger partial charge on any atom is 0.243 e. The number of anilines is 1. The lowest BCUT2D eigenvalue weighted by Gasteiger charge is -2.48. The number of piperidine rings is 3. The van der Waals surface area contributed by atoms with Crippen LogP contribution in [0.3, 0.4) is 0 Å². The first kappa shape index (κ1) is 18.4. The van der Waals surface area contributed by atoms with E-state index in [9.17, 15) is 19.2 Å². The van der Waals surface area contributed by atoms with Gasteiger partial charge in [0.05, 0.1) is 6.04 Å². The van der Waals surface area contributed by atoms with Gasteiger partial charge in [-0.2, -0.15) is 0 Å². The van der Waals surface area contributed by atoms with Crippen molar-refractivity contribution >= 4 is 29.6 Å². The van der Waals surface area contributed by atoms with Gasteiger partial charge in [-0.05, 0) is 30.9 Å². The molecule has 0 aromatic heterocycles. The number of aldehydes is 1. The molecule has 2 amide bonds. The predicted octanol–water partition coefficient (Wildman–Crippen LogP) is 0.0571. The summed E-state index contributed by atoms with van der Waals surface area (Å²) in [6, 6.07) is 5.40. The smallest absolute Gasteiger partial charge is 0.243 e. The monoisotopic (exact) mass is 396 g/mol. The van der Waals surface area contributed by atoms with E-state index < -0.39 is 17.9 Å². The topological polar surface area (TPSA) is 98.8 Å². The molecule has 4 atom stereocenters. The molecular weight excluding hydrogens is 372 g/mol. The molecule has 1 aromatic carbocycles. The summed E-state index contributed by atoms with van der Waals surface area (Å²) in [5, 5.41) is 5.91. The second kappa shape index (κ2) is 7.03. The second-order valence-electron chi connectivity index (χ2n) is 8.40. The summed E-state index contributed by atoms with van der Waals surface area (Å²) in [5.74, 6) is -1.22. The Labute approximate surface area is 168 Å². The highest BCUT2D eigenvalue weighted by Crippen LogP contribution is 2.44. The molecule has 5 aliphatic heterocycles. The molecular formula is C21H24N4O4. The summed E-state index contributed by atoms with van der Waals surface area (Å²) < 4.78 is 0. The lowest BCUT2D eigenvalue weighted by Crippen LogP contribution is -2.61. The second-order valence-corrected chi connectivity index (χ2v) is 8.40. The maximum atomic E-state index is 12.8. The number of nitrogens with one attached hydrogen (secondary N) is 2. The third-order valence-electron chi connectivity index (χ3n) is 6.79. The van der Waals surface area contributed by atoms with E-state index in [-0.39, 0.29) is 18.2 Å². The van der Waals surface area contributed by atoms with Gasteiger partial charge in [-0.15, -0.1) is 0 Å². The Balaban J connectivity index is 1.54. The molecule has 8 heteroatoms. The first-order chi connectivity index (χ1) is 14.1. The Bertz CT molecular complexity index is 893. The number of amides is 2. The van der Waals surface area contributed by atoms with Crippen molar-refractivity contribution in [3.05, 3.63) is 29.3 Å². The van der Waals surface area contributed by atoms with Crippen LogP contribution in [0.15, 0.2) is 18.2 Å². The van der Waals surface area contributed by atoms with Crippen molar-refractivity contribution in [2.75, 3.05) is 18.0 Å². The molecule has 0 saturated carbocycles. The van der Waals surface area contributed by atoms with E-state index in [4.69, 9.17) is 0 Å². The van der Waals surface area contributed by atoms with Crippen LogP contribution in [-0.4, -0.2) is 60.0 Å². The molecule has 152 valence electrons. The molecule has 6 rings (SSSR count). The van der Waals surface area contributed by atoms with Crippen molar-refractivity contribution in [3.8, 4) is 0 Å². The average molecular weight is 396 g/mol. The van der Waals surface area contributed by atoms with Crippen LogP contribution in [0.25, 0.3) is 0 Å². The summed E-state index contributed by atoms with van der Waals surface area (Å²) in [5.41, 5.74) is 2.82. The number of Topliss-reactive ketones (excluding diaryl/α,β-unsaturated/α-hetero) is 1. The SMILES string of the molecule is O=CC(=O)C1c2c(cccc2N2CC3CCC2CN3)CN1C1CCC(=O)NC1=O. The molecule has 2 bridgehead atoms. The molecule has 2 N–H and O–H groups in total. The zero-order chi connectivity index (χ0) is 20.1. The Kier molecular flexibility index (Phi) is 4.48. The molecule has 29 heavy (non-hydrogen) atoms. The Morgan fingerprint density at radius 1 is 1.17 bits per heavy atom. The normalized spacial score (nSPS) is 31.5. The van der Waals surface area contributed by atoms with Crippen molar-refractivity contribution in [3.63, 3.8) is 0 Å². The van der Waals surface area contributed by atoms with Crippen molar-refractivity contribution in [1.29, 1.82) is 0 Å². The number of hydrogen-bond acceptors (Lipinski definition) is 7. The lowest BCUT2D eigenvalue weighted by atomic mass is 9.90. The van der Waals surface area contributed by atoms with Gasteiger partial charge in [0.1, 0.15) is 6.04 Å². The van der Waals surface area contributed by atoms with Crippen LogP contribution in [0.4, 0.5) is 5.69 Å². The Morgan fingerprint density at radius 2 is 2.03 bits per heavy atom. The number of rotatable bonds is 4. The molecule has 8 nitrogen and oxygen atoms in total. The molecule has 5 aliphatic rings. The third kappa shape index (κ3) is 2.98. The van der Waals surface area contributed by atoms with Gasteiger partial charge < -0.3 is 10.2 Å². The van der Waals surface area contributed by atoms with E-state index in [0.717, 1.165) is 42.7 Å². The Morgan fingerprint density at radius 3 is 2.69 bits per heavy atom. The van der Waals surface area contributed by atoms with Gasteiger partial charge >= 0.3 is 0 Å². The van der Waals surface area contributed by atoms with E-state index in [0.29, 0.717) is 31.3 Å². The van der Waals surface area contributed by atoms with Crippen molar-refractivity contribution < 1.29 is 19.2 Å². The van der Waals surface area contributed by atoms with Gasteiger partial charge in [0.25, 0.3) is 0 Å². The van der Waals surface area contributed by atoms with Crippen LogP contribution < -0.4 is 15.5 Å². The van der Waals surface area contributed by atoms with Gasteiger partial charge in [0.15, 0.2) is 6.29 Å².